The number of pyridine rings is 1. The Morgan fingerprint density at radius 1 is 1.58 bits per heavy atom. The summed E-state index contributed by atoms with van der Waals surface area (Å²) in [4.78, 5) is 15.7. The van der Waals surface area contributed by atoms with E-state index in [1.54, 1.807) is 34.5 Å². The van der Waals surface area contributed by atoms with Crippen molar-refractivity contribution in [2.75, 3.05) is 18.1 Å². The Hall–Kier alpha value is -1.69. The number of nitrogens with one attached hydrogen (secondary N) is 1. The van der Waals surface area contributed by atoms with Gasteiger partial charge >= 0.3 is 5.97 Å². The highest BCUT2D eigenvalue weighted by Gasteiger charge is 2.17. The molecule has 2 aromatic heterocycles. The lowest BCUT2D eigenvalue weighted by Crippen LogP contribution is -2.11. The van der Waals surface area contributed by atoms with Crippen LogP contribution in [0.15, 0.2) is 24.4 Å². The molecule has 2 rings (SSSR count). The number of aromatic carboxylic acids is 1. The number of carboxylic acids is 1. The van der Waals surface area contributed by atoms with E-state index < -0.39 is 5.97 Å². The minimum atomic E-state index is -0.973. The van der Waals surface area contributed by atoms with Crippen LogP contribution in [-0.2, 0) is 0 Å². The number of aromatic nitrogens is 2. The molecule has 102 valence electrons. The molecule has 0 saturated carbocycles. The summed E-state index contributed by atoms with van der Waals surface area (Å²) in [5.41, 5.74) is 0.827. The number of anilines is 1. The molecule has 1 unspecified atom stereocenters. The third-order valence-electron chi connectivity index (χ3n) is 2.98. The lowest BCUT2D eigenvalue weighted by Gasteiger charge is -2.08. The molecule has 0 aliphatic carbocycles. The first kappa shape index (κ1) is 13.7. The number of carboxylic acid groups (broad SMARTS) is 1. The van der Waals surface area contributed by atoms with E-state index in [2.05, 4.69) is 23.5 Å². The lowest BCUT2D eigenvalue weighted by molar-refractivity contribution is 0.0690. The molecule has 1 atom stereocenters. The molecule has 0 bridgehead atoms. The van der Waals surface area contributed by atoms with Gasteiger partial charge in [-0.25, -0.2) is 9.78 Å². The number of carbonyl (C=O) groups is 1. The first-order valence-corrected chi connectivity index (χ1v) is 7.39. The maximum absolute atomic E-state index is 11.3. The maximum Gasteiger partial charge on any atom is 0.356 e. The summed E-state index contributed by atoms with van der Waals surface area (Å²) in [7, 11) is 0. The van der Waals surface area contributed by atoms with Crippen LogP contribution in [0.5, 0.6) is 0 Å². The van der Waals surface area contributed by atoms with Crippen LogP contribution < -0.4 is 5.32 Å². The second kappa shape index (κ2) is 5.97. The van der Waals surface area contributed by atoms with Crippen molar-refractivity contribution in [2.24, 2.45) is 0 Å². The molecule has 2 aromatic rings. The van der Waals surface area contributed by atoms with E-state index in [-0.39, 0.29) is 5.69 Å². The maximum atomic E-state index is 11.3. The van der Waals surface area contributed by atoms with E-state index in [1.807, 2.05) is 6.07 Å². The van der Waals surface area contributed by atoms with E-state index in [1.165, 1.54) is 0 Å². The van der Waals surface area contributed by atoms with E-state index >= 15 is 0 Å². The minimum absolute atomic E-state index is 0.187. The summed E-state index contributed by atoms with van der Waals surface area (Å²) in [6.07, 6.45) is 4.74. The third kappa shape index (κ3) is 3.01. The molecule has 0 aliphatic heterocycles. The van der Waals surface area contributed by atoms with Crippen molar-refractivity contribution in [3.8, 4) is 0 Å². The summed E-state index contributed by atoms with van der Waals surface area (Å²) >= 11 is 1.79. The Labute approximate surface area is 116 Å². The summed E-state index contributed by atoms with van der Waals surface area (Å²) in [6.45, 7) is 2.86. The highest BCUT2D eigenvalue weighted by Crippen LogP contribution is 2.18. The number of hydrogen-bond acceptors (Lipinski definition) is 4. The van der Waals surface area contributed by atoms with E-state index in [0.717, 1.165) is 6.42 Å². The number of fused-ring (bicyclic) bond motifs is 1. The van der Waals surface area contributed by atoms with Gasteiger partial charge in [-0.3, -0.25) is 4.40 Å². The normalized spacial score (nSPS) is 12.5. The quantitative estimate of drug-likeness (QED) is 0.850. The SMILES string of the molecule is CSC(C)CCNc1nc2ccccn2c1C(=O)O. The fourth-order valence-electron chi connectivity index (χ4n) is 1.84. The summed E-state index contributed by atoms with van der Waals surface area (Å²) in [6, 6.07) is 5.43. The van der Waals surface area contributed by atoms with Gasteiger partial charge in [-0.2, -0.15) is 11.8 Å². The van der Waals surface area contributed by atoms with Gasteiger partial charge in [0.05, 0.1) is 0 Å². The van der Waals surface area contributed by atoms with Gasteiger partial charge in [-0.15, -0.1) is 0 Å². The van der Waals surface area contributed by atoms with Crippen LogP contribution in [-0.4, -0.2) is 38.5 Å². The van der Waals surface area contributed by atoms with Crippen LogP contribution >= 0.6 is 11.8 Å². The minimum Gasteiger partial charge on any atom is -0.476 e. The Bertz CT molecular complexity index is 582. The third-order valence-corrected chi connectivity index (χ3v) is 4.02. The molecule has 2 heterocycles. The van der Waals surface area contributed by atoms with Crippen molar-refractivity contribution in [1.82, 2.24) is 9.38 Å². The first-order valence-electron chi connectivity index (χ1n) is 6.10. The Morgan fingerprint density at radius 2 is 2.37 bits per heavy atom. The number of nitrogens with zero attached hydrogens (tertiary/aromatic N) is 2. The molecule has 19 heavy (non-hydrogen) atoms. The molecule has 2 N–H and O–H groups in total. The van der Waals surface area contributed by atoms with Crippen molar-refractivity contribution in [1.29, 1.82) is 0 Å². The smallest absolute Gasteiger partial charge is 0.356 e. The molecule has 0 saturated heterocycles. The van der Waals surface area contributed by atoms with Gasteiger partial charge in [0.2, 0.25) is 0 Å². The number of imidazole rings is 1. The van der Waals surface area contributed by atoms with Gasteiger partial charge in [0.25, 0.3) is 0 Å². The van der Waals surface area contributed by atoms with Gasteiger partial charge in [0.1, 0.15) is 5.65 Å². The zero-order valence-electron chi connectivity index (χ0n) is 11.0. The summed E-state index contributed by atoms with van der Waals surface area (Å²) < 4.78 is 1.59. The second-order valence-corrected chi connectivity index (χ2v) is 5.58. The highest BCUT2D eigenvalue weighted by molar-refractivity contribution is 7.99. The molecule has 0 amide bonds. The van der Waals surface area contributed by atoms with Crippen molar-refractivity contribution in [3.63, 3.8) is 0 Å². The molecule has 6 heteroatoms. The van der Waals surface area contributed by atoms with Crippen molar-refractivity contribution in [3.05, 3.63) is 30.1 Å². The lowest BCUT2D eigenvalue weighted by atomic mass is 10.3. The van der Waals surface area contributed by atoms with Crippen molar-refractivity contribution >= 4 is 29.2 Å². The van der Waals surface area contributed by atoms with Gasteiger partial charge in [-0.05, 0) is 24.8 Å². The highest BCUT2D eigenvalue weighted by atomic mass is 32.2. The molecule has 0 aliphatic rings. The Balaban J connectivity index is 2.22. The molecule has 0 radical (unpaired) electrons. The average molecular weight is 279 g/mol. The van der Waals surface area contributed by atoms with E-state index in [9.17, 15) is 9.90 Å². The predicted molar refractivity (Wildman–Crippen MR) is 78.2 cm³/mol. The number of rotatable bonds is 6. The molecular weight excluding hydrogens is 262 g/mol. The van der Waals surface area contributed by atoms with Gasteiger partial charge in [0, 0.05) is 18.0 Å². The standard InChI is InChI=1S/C13H17N3O2S/c1-9(19-2)6-7-14-12-11(13(17)18)16-8-4-3-5-10(16)15-12/h3-5,8-9,14H,6-7H2,1-2H3,(H,17,18). The van der Waals surface area contributed by atoms with Crippen LogP contribution in [0.4, 0.5) is 5.82 Å². The zero-order chi connectivity index (χ0) is 13.8. The summed E-state index contributed by atoms with van der Waals surface area (Å²) in [5.74, 6) is -0.536. The van der Waals surface area contributed by atoms with Crippen LogP contribution in [0.1, 0.15) is 23.8 Å². The molecule has 0 fully saturated rings. The summed E-state index contributed by atoms with van der Waals surface area (Å²) in [5, 5.41) is 13.0. The molecule has 5 nitrogen and oxygen atoms in total. The topological polar surface area (TPSA) is 66.6 Å². The first-order chi connectivity index (χ1) is 9.13. The average Bonchev–Trinajstić information content (AvgIpc) is 2.76. The molecule has 0 aromatic carbocycles. The Kier molecular flexibility index (Phi) is 4.31. The second-order valence-electron chi connectivity index (χ2n) is 4.30. The van der Waals surface area contributed by atoms with Crippen LogP contribution in [0.25, 0.3) is 5.65 Å². The largest absolute Gasteiger partial charge is 0.476 e. The van der Waals surface area contributed by atoms with Gasteiger partial charge < -0.3 is 10.4 Å². The predicted octanol–water partition coefficient (Wildman–Crippen LogP) is 2.59. The Morgan fingerprint density at radius 3 is 3.05 bits per heavy atom. The van der Waals surface area contributed by atoms with Crippen LogP contribution in [0, 0.1) is 0 Å². The van der Waals surface area contributed by atoms with Gasteiger partial charge in [0.15, 0.2) is 11.5 Å². The molecule has 0 spiro atoms. The van der Waals surface area contributed by atoms with Crippen LogP contribution in [0.2, 0.25) is 0 Å². The fourth-order valence-corrected chi connectivity index (χ4v) is 2.19. The number of thioether (sulfide) groups is 1. The van der Waals surface area contributed by atoms with Gasteiger partial charge in [-0.1, -0.05) is 13.0 Å². The van der Waals surface area contributed by atoms with Crippen LogP contribution in [0.3, 0.4) is 0 Å². The number of hydrogen-bond donors (Lipinski definition) is 2. The fraction of sp³-hybridized carbons (Fsp3) is 0.385. The van der Waals surface area contributed by atoms with E-state index in [0.29, 0.717) is 23.3 Å². The van der Waals surface area contributed by atoms with Crippen molar-refractivity contribution in [2.45, 2.75) is 18.6 Å². The van der Waals surface area contributed by atoms with Crippen molar-refractivity contribution < 1.29 is 9.90 Å². The van der Waals surface area contributed by atoms with E-state index in [4.69, 9.17) is 0 Å². The monoisotopic (exact) mass is 279 g/mol. The molecular formula is C13H17N3O2S. The zero-order valence-corrected chi connectivity index (χ0v) is 11.8.